The summed E-state index contributed by atoms with van der Waals surface area (Å²) in [6.45, 7) is 2.74. The molecule has 0 saturated heterocycles. The summed E-state index contributed by atoms with van der Waals surface area (Å²) in [6, 6.07) is 8.12. The monoisotopic (exact) mass is 275 g/mol. The van der Waals surface area contributed by atoms with Crippen molar-refractivity contribution < 1.29 is 14.4 Å². The number of rotatable bonds is 7. The Bertz CT molecular complexity index is 563. The van der Waals surface area contributed by atoms with Crippen LogP contribution >= 0.6 is 0 Å². The lowest BCUT2D eigenvalue weighted by molar-refractivity contribution is -0.137. The molecule has 6 nitrogen and oxygen atoms in total. The van der Waals surface area contributed by atoms with Crippen LogP contribution in [0.1, 0.15) is 23.7 Å². The summed E-state index contributed by atoms with van der Waals surface area (Å²) in [4.78, 5) is 14.6. The molecular weight excluding hydrogens is 258 g/mol. The van der Waals surface area contributed by atoms with Crippen molar-refractivity contribution in [1.82, 2.24) is 10.1 Å². The van der Waals surface area contributed by atoms with Crippen LogP contribution in [0.4, 0.5) is 5.69 Å². The van der Waals surface area contributed by atoms with Gasteiger partial charge in [-0.1, -0.05) is 22.9 Å². The van der Waals surface area contributed by atoms with E-state index in [-0.39, 0.29) is 12.8 Å². The van der Waals surface area contributed by atoms with Crippen LogP contribution in [-0.2, 0) is 17.6 Å². The van der Waals surface area contributed by atoms with Crippen molar-refractivity contribution in [3.63, 3.8) is 0 Å². The Balaban J connectivity index is 1.76. The van der Waals surface area contributed by atoms with Gasteiger partial charge >= 0.3 is 5.97 Å². The number of carboxylic acid groups (broad SMARTS) is 1. The molecule has 2 N–H and O–H groups in total. The second kappa shape index (κ2) is 6.70. The average Bonchev–Trinajstić information content (AvgIpc) is 2.87. The van der Waals surface area contributed by atoms with Gasteiger partial charge in [0, 0.05) is 25.1 Å². The highest BCUT2D eigenvalue weighted by atomic mass is 16.5. The van der Waals surface area contributed by atoms with Gasteiger partial charge in [-0.05, 0) is 19.1 Å². The van der Waals surface area contributed by atoms with Gasteiger partial charge in [0.05, 0.1) is 6.42 Å². The molecule has 0 bridgehead atoms. The number of aliphatic carboxylic acids is 1. The van der Waals surface area contributed by atoms with Gasteiger partial charge in [0.15, 0.2) is 5.82 Å². The lowest BCUT2D eigenvalue weighted by Crippen LogP contribution is -2.06. The zero-order valence-corrected chi connectivity index (χ0v) is 11.3. The zero-order chi connectivity index (χ0) is 14.4. The molecule has 106 valence electrons. The fourth-order valence-corrected chi connectivity index (χ4v) is 1.70. The summed E-state index contributed by atoms with van der Waals surface area (Å²) in [5.41, 5.74) is 2.27. The van der Waals surface area contributed by atoms with Crippen LogP contribution in [0, 0.1) is 6.92 Å². The number of nitrogens with zero attached hydrogens (tertiary/aromatic N) is 2. The molecule has 0 atom stereocenters. The number of benzene rings is 1. The van der Waals surface area contributed by atoms with E-state index in [9.17, 15) is 4.79 Å². The number of aryl methyl sites for hydroxylation is 2. The molecule has 0 amide bonds. The average molecular weight is 275 g/mol. The number of hydrogen-bond acceptors (Lipinski definition) is 5. The molecular formula is C14H17N3O3. The first-order chi connectivity index (χ1) is 9.63. The largest absolute Gasteiger partial charge is 0.481 e. The Morgan fingerprint density at radius 2 is 2.05 bits per heavy atom. The highest BCUT2D eigenvalue weighted by Gasteiger charge is 2.08. The summed E-state index contributed by atoms with van der Waals surface area (Å²) in [6.07, 6.45) is 0.904. The van der Waals surface area contributed by atoms with Gasteiger partial charge in [-0.15, -0.1) is 0 Å². The summed E-state index contributed by atoms with van der Waals surface area (Å²) < 4.78 is 4.98. The van der Waals surface area contributed by atoms with Crippen LogP contribution in [0.3, 0.4) is 0 Å². The van der Waals surface area contributed by atoms with E-state index in [0.717, 1.165) is 5.69 Å². The van der Waals surface area contributed by atoms with E-state index in [2.05, 4.69) is 15.5 Å². The minimum Gasteiger partial charge on any atom is -0.481 e. The predicted molar refractivity (Wildman–Crippen MR) is 73.6 cm³/mol. The normalized spacial score (nSPS) is 10.4. The minimum absolute atomic E-state index is 0.00322. The Morgan fingerprint density at radius 1 is 1.30 bits per heavy atom. The van der Waals surface area contributed by atoms with Gasteiger partial charge in [0.25, 0.3) is 0 Å². The minimum atomic E-state index is -0.870. The number of hydrogen-bond donors (Lipinski definition) is 2. The predicted octanol–water partition coefficient (Wildman–Crippen LogP) is 2.05. The zero-order valence-electron chi connectivity index (χ0n) is 11.3. The molecule has 0 aliphatic rings. The Hall–Kier alpha value is -2.37. The topological polar surface area (TPSA) is 88.2 Å². The smallest absolute Gasteiger partial charge is 0.303 e. The van der Waals surface area contributed by atoms with E-state index in [4.69, 9.17) is 9.63 Å². The maximum absolute atomic E-state index is 10.4. The molecule has 0 unspecified atom stereocenters. The molecule has 0 aliphatic carbocycles. The fraction of sp³-hybridized carbons (Fsp3) is 0.357. The molecule has 1 aromatic heterocycles. The van der Waals surface area contributed by atoms with Crippen LogP contribution in [0.15, 0.2) is 28.8 Å². The van der Waals surface area contributed by atoms with E-state index < -0.39 is 5.97 Å². The van der Waals surface area contributed by atoms with E-state index in [0.29, 0.717) is 24.7 Å². The maximum Gasteiger partial charge on any atom is 0.303 e. The van der Waals surface area contributed by atoms with E-state index in [1.54, 1.807) is 0 Å². The number of anilines is 1. The van der Waals surface area contributed by atoms with Crippen molar-refractivity contribution in [3.05, 3.63) is 41.5 Å². The number of nitrogens with one attached hydrogen (secondary N) is 1. The highest BCUT2D eigenvalue weighted by Crippen LogP contribution is 2.08. The standard InChI is InChI=1S/C14H17N3O3/c1-10-2-4-11(5-3-10)15-9-8-12-16-13(20-17-12)6-7-14(18)19/h2-5,15H,6-9H2,1H3,(H,18,19). The van der Waals surface area contributed by atoms with Gasteiger partial charge < -0.3 is 14.9 Å². The SMILES string of the molecule is Cc1ccc(NCCc2noc(CCC(=O)O)n2)cc1. The molecule has 6 heteroatoms. The van der Waals surface area contributed by atoms with Gasteiger partial charge in [-0.2, -0.15) is 4.98 Å². The van der Waals surface area contributed by atoms with Gasteiger partial charge in [-0.25, -0.2) is 0 Å². The van der Waals surface area contributed by atoms with E-state index >= 15 is 0 Å². The van der Waals surface area contributed by atoms with Crippen molar-refractivity contribution in [2.24, 2.45) is 0 Å². The summed E-state index contributed by atoms with van der Waals surface area (Å²) in [5, 5.41) is 15.7. The van der Waals surface area contributed by atoms with Crippen molar-refractivity contribution >= 4 is 11.7 Å². The molecule has 20 heavy (non-hydrogen) atoms. The number of carboxylic acids is 1. The van der Waals surface area contributed by atoms with Gasteiger partial charge in [-0.3, -0.25) is 4.79 Å². The van der Waals surface area contributed by atoms with Crippen molar-refractivity contribution in [2.45, 2.75) is 26.2 Å². The second-order valence-corrected chi connectivity index (χ2v) is 4.54. The molecule has 0 aliphatic heterocycles. The van der Waals surface area contributed by atoms with E-state index in [1.165, 1.54) is 5.56 Å². The van der Waals surface area contributed by atoms with Gasteiger partial charge in [0.2, 0.25) is 5.89 Å². The first-order valence-electron chi connectivity index (χ1n) is 6.47. The Kier molecular flexibility index (Phi) is 4.70. The van der Waals surface area contributed by atoms with Crippen molar-refractivity contribution in [1.29, 1.82) is 0 Å². The summed E-state index contributed by atoms with van der Waals surface area (Å²) >= 11 is 0. The molecule has 0 saturated carbocycles. The van der Waals surface area contributed by atoms with Crippen molar-refractivity contribution in [2.75, 3.05) is 11.9 Å². The first kappa shape index (κ1) is 14.0. The number of aromatic nitrogens is 2. The lowest BCUT2D eigenvalue weighted by atomic mass is 10.2. The fourth-order valence-electron chi connectivity index (χ4n) is 1.70. The van der Waals surface area contributed by atoms with Crippen LogP contribution in [-0.4, -0.2) is 27.8 Å². The van der Waals surface area contributed by atoms with Crippen LogP contribution in [0.5, 0.6) is 0 Å². The lowest BCUT2D eigenvalue weighted by Gasteiger charge is -2.04. The Labute approximate surface area is 116 Å². The third kappa shape index (κ3) is 4.38. The molecule has 0 fully saturated rings. The summed E-state index contributed by atoms with van der Waals surface area (Å²) in [5.74, 6) is 0.0912. The molecule has 0 spiro atoms. The highest BCUT2D eigenvalue weighted by molar-refractivity contribution is 5.66. The Morgan fingerprint density at radius 3 is 2.75 bits per heavy atom. The summed E-state index contributed by atoms with van der Waals surface area (Å²) in [7, 11) is 0. The second-order valence-electron chi connectivity index (χ2n) is 4.54. The molecule has 0 radical (unpaired) electrons. The number of carbonyl (C=O) groups is 1. The van der Waals surface area contributed by atoms with Gasteiger partial charge in [0.1, 0.15) is 0 Å². The maximum atomic E-state index is 10.4. The third-order valence-corrected chi connectivity index (χ3v) is 2.79. The third-order valence-electron chi connectivity index (χ3n) is 2.79. The molecule has 1 heterocycles. The molecule has 2 rings (SSSR count). The van der Waals surface area contributed by atoms with Crippen LogP contribution in [0.25, 0.3) is 0 Å². The van der Waals surface area contributed by atoms with Crippen LogP contribution < -0.4 is 5.32 Å². The van der Waals surface area contributed by atoms with Crippen LogP contribution in [0.2, 0.25) is 0 Å². The molecule has 1 aromatic carbocycles. The van der Waals surface area contributed by atoms with Crippen molar-refractivity contribution in [3.8, 4) is 0 Å². The van der Waals surface area contributed by atoms with E-state index in [1.807, 2.05) is 31.2 Å². The first-order valence-corrected chi connectivity index (χ1v) is 6.47. The quantitative estimate of drug-likeness (QED) is 0.804. The molecule has 2 aromatic rings.